The highest BCUT2D eigenvalue weighted by molar-refractivity contribution is 7.80. The number of hydrogen-bond donors (Lipinski definition) is 3. The molecule has 12 heteroatoms. The van der Waals surface area contributed by atoms with Crippen LogP contribution in [0.25, 0.3) is 0 Å². The fraction of sp³-hybridized carbons (Fsp3) is 0.200. The first-order valence-corrected chi connectivity index (χ1v) is 14.1. The summed E-state index contributed by atoms with van der Waals surface area (Å²) < 4.78 is 16.8. The third-order valence-electron chi connectivity index (χ3n) is 6.00. The van der Waals surface area contributed by atoms with Gasteiger partial charge in [0.15, 0.2) is 17.5 Å². The van der Waals surface area contributed by atoms with E-state index in [1.165, 1.54) is 6.21 Å². The Hall–Kier alpha value is -4.12. The number of ether oxygens (including phenoxy) is 3. The number of para-hydroxylation sites is 1. The maximum absolute atomic E-state index is 12.7. The van der Waals surface area contributed by atoms with Crippen LogP contribution in [0.5, 0.6) is 11.5 Å². The Morgan fingerprint density at radius 2 is 1.74 bits per heavy atom. The van der Waals surface area contributed by atoms with Gasteiger partial charge in [-0.3, -0.25) is 4.79 Å². The lowest BCUT2D eigenvalue weighted by molar-refractivity contribution is -0.139. The summed E-state index contributed by atoms with van der Waals surface area (Å²) in [5.41, 5.74) is 5.50. The molecule has 1 amide bonds. The molecule has 42 heavy (non-hydrogen) atoms. The maximum Gasteiger partial charge on any atom is 0.338 e. The third kappa shape index (κ3) is 8.00. The van der Waals surface area contributed by atoms with Crippen LogP contribution in [0.2, 0.25) is 10.0 Å². The van der Waals surface area contributed by atoms with Crippen LogP contribution in [-0.4, -0.2) is 36.4 Å². The zero-order chi connectivity index (χ0) is 30.1. The van der Waals surface area contributed by atoms with Crippen molar-refractivity contribution >= 4 is 58.6 Å². The Balaban J connectivity index is 1.38. The van der Waals surface area contributed by atoms with E-state index in [2.05, 4.69) is 21.2 Å². The predicted molar refractivity (Wildman–Crippen MR) is 166 cm³/mol. The lowest BCUT2D eigenvalue weighted by Crippen LogP contribution is -2.45. The molecule has 0 saturated carbocycles. The van der Waals surface area contributed by atoms with E-state index >= 15 is 0 Å². The Kier molecular flexibility index (Phi) is 10.8. The summed E-state index contributed by atoms with van der Waals surface area (Å²) in [4.78, 5) is 25.2. The predicted octanol–water partition coefficient (Wildman–Crippen LogP) is 5.46. The van der Waals surface area contributed by atoms with Crippen LogP contribution in [0.3, 0.4) is 0 Å². The fourth-order valence-electron chi connectivity index (χ4n) is 4.13. The summed E-state index contributed by atoms with van der Waals surface area (Å²) >= 11 is 18.1. The number of allylic oxidation sites excluding steroid dienone is 1. The minimum Gasteiger partial charge on any atom is -0.486 e. The van der Waals surface area contributed by atoms with E-state index in [4.69, 9.17) is 49.6 Å². The molecule has 0 bridgehead atoms. The lowest BCUT2D eigenvalue weighted by Gasteiger charge is -2.30. The van der Waals surface area contributed by atoms with Gasteiger partial charge in [0, 0.05) is 11.3 Å². The molecule has 1 heterocycles. The lowest BCUT2D eigenvalue weighted by atomic mass is 9.95. The van der Waals surface area contributed by atoms with E-state index in [0.29, 0.717) is 55.7 Å². The molecule has 0 aliphatic carbocycles. The number of carbonyl (C=O) groups is 2. The molecule has 0 unspecified atom stereocenters. The molecule has 3 aromatic rings. The van der Waals surface area contributed by atoms with Crippen molar-refractivity contribution in [2.45, 2.75) is 26.5 Å². The molecule has 0 spiro atoms. The van der Waals surface area contributed by atoms with Crippen molar-refractivity contribution in [3.8, 4) is 11.5 Å². The van der Waals surface area contributed by atoms with Crippen molar-refractivity contribution in [1.29, 1.82) is 0 Å². The molecule has 1 atom stereocenters. The molecular formula is C30H28Cl2N4O5S. The van der Waals surface area contributed by atoms with Crippen molar-refractivity contribution < 1.29 is 23.8 Å². The molecule has 3 N–H and O–H groups in total. The van der Waals surface area contributed by atoms with Gasteiger partial charge >= 0.3 is 5.97 Å². The first-order valence-electron chi connectivity index (χ1n) is 12.9. The molecule has 4 rings (SSSR count). The topological polar surface area (TPSA) is 110 Å². The van der Waals surface area contributed by atoms with Crippen molar-refractivity contribution in [1.82, 2.24) is 16.1 Å². The monoisotopic (exact) mass is 626 g/mol. The van der Waals surface area contributed by atoms with Crippen molar-refractivity contribution in [2.75, 3.05) is 13.2 Å². The van der Waals surface area contributed by atoms with Gasteiger partial charge in [-0.05, 0) is 55.4 Å². The quantitative estimate of drug-likeness (QED) is 0.111. The number of rotatable bonds is 11. The van der Waals surface area contributed by atoms with Crippen molar-refractivity contribution in [3.05, 3.63) is 105 Å². The van der Waals surface area contributed by atoms with E-state index in [9.17, 15) is 9.59 Å². The van der Waals surface area contributed by atoms with Crippen LogP contribution >= 0.6 is 35.4 Å². The number of benzene rings is 3. The third-order valence-corrected chi connectivity index (χ3v) is 6.78. The normalized spacial score (nSPS) is 14.7. The largest absolute Gasteiger partial charge is 0.486 e. The first kappa shape index (κ1) is 30.8. The summed E-state index contributed by atoms with van der Waals surface area (Å²) in [5, 5.41) is 11.0. The van der Waals surface area contributed by atoms with Crippen LogP contribution in [-0.2, 0) is 20.9 Å². The van der Waals surface area contributed by atoms with Gasteiger partial charge in [0.05, 0.1) is 34.5 Å². The zero-order valence-electron chi connectivity index (χ0n) is 22.8. The van der Waals surface area contributed by atoms with E-state index in [0.717, 1.165) is 5.56 Å². The van der Waals surface area contributed by atoms with E-state index in [1.807, 2.05) is 30.3 Å². The van der Waals surface area contributed by atoms with Crippen LogP contribution in [0, 0.1) is 0 Å². The van der Waals surface area contributed by atoms with Gasteiger partial charge in [-0.2, -0.15) is 5.10 Å². The SMILES string of the molecule is CCOC(=O)C1=C(C)NC(=S)N[C@@H]1c1ccccc1OCC(=O)NN=Cc1cc(Cl)c(OCc2ccccc2)c(Cl)c1. The number of esters is 1. The molecule has 218 valence electrons. The summed E-state index contributed by atoms with van der Waals surface area (Å²) in [7, 11) is 0. The zero-order valence-corrected chi connectivity index (χ0v) is 25.1. The Bertz CT molecular complexity index is 1510. The molecule has 0 saturated heterocycles. The highest BCUT2D eigenvalue weighted by atomic mass is 35.5. The minimum atomic E-state index is -0.635. The van der Waals surface area contributed by atoms with Gasteiger partial charge in [-0.1, -0.05) is 71.7 Å². The average molecular weight is 628 g/mol. The van der Waals surface area contributed by atoms with Gasteiger partial charge in [0.1, 0.15) is 12.4 Å². The number of amides is 1. The Labute approximate surface area is 258 Å². The van der Waals surface area contributed by atoms with Crippen LogP contribution < -0.4 is 25.5 Å². The number of halogens is 2. The summed E-state index contributed by atoms with van der Waals surface area (Å²) in [6.45, 7) is 3.67. The van der Waals surface area contributed by atoms with Gasteiger partial charge in [-0.25, -0.2) is 10.2 Å². The van der Waals surface area contributed by atoms with Gasteiger partial charge < -0.3 is 24.8 Å². The second-order valence-corrected chi connectivity index (χ2v) is 10.2. The Morgan fingerprint density at radius 1 is 1.05 bits per heavy atom. The van der Waals surface area contributed by atoms with Gasteiger partial charge in [0.2, 0.25) is 0 Å². The first-order chi connectivity index (χ1) is 20.3. The van der Waals surface area contributed by atoms with E-state index in [-0.39, 0.29) is 13.2 Å². The van der Waals surface area contributed by atoms with Crippen LogP contribution in [0.1, 0.15) is 36.6 Å². The highest BCUT2D eigenvalue weighted by Gasteiger charge is 2.32. The van der Waals surface area contributed by atoms with Crippen LogP contribution in [0.15, 0.2) is 83.1 Å². The summed E-state index contributed by atoms with van der Waals surface area (Å²) in [5.74, 6) is -0.249. The summed E-state index contributed by atoms with van der Waals surface area (Å²) in [6.07, 6.45) is 1.41. The van der Waals surface area contributed by atoms with Gasteiger partial charge in [0.25, 0.3) is 5.91 Å². The number of thiocarbonyl (C=S) groups is 1. The van der Waals surface area contributed by atoms with Gasteiger partial charge in [-0.15, -0.1) is 0 Å². The smallest absolute Gasteiger partial charge is 0.338 e. The fourth-order valence-corrected chi connectivity index (χ4v) is 5.02. The standard InChI is InChI=1S/C30H28Cl2N4O5S/c1-3-39-29(38)26-18(2)34-30(42)35-27(26)21-11-7-8-12-24(21)40-17-25(37)36-33-15-20-13-22(31)28(23(32)14-20)41-16-19-9-5-4-6-10-19/h4-15,27H,3,16-17H2,1-2H3,(H,36,37)(H2,34,35,42)/t27-/m1/s1. The molecular weight excluding hydrogens is 599 g/mol. The number of hydrazone groups is 1. The molecule has 0 fully saturated rings. The second-order valence-electron chi connectivity index (χ2n) is 9.00. The number of nitrogens with zero attached hydrogens (tertiary/aromatic N) is 1. The molecule has 1 aliphatic heterocycles. The molecule has 0 aromatic heterocycles. The highest BCUT2D eigenvalue weighted by Crippen LogP contribution is 2.35. The van der Waals surface area contributed by atoms with Crippen molar-refractivity contribution in [2.24, 2.45) is 5.10 Å². The molecule has 9 nitrogen and oxygen atoms in total. The van der Waals surface area contributed by atoms with Crippen LogP contribution in [0.4, 0.5) is 0 Å². The van der Waals surface area contributed by atoms with E-state index < -0.39 is 17.9 Å². The molecule has 1 aliphatic rings. The minimum absolute atomic E-state index is 0.218. The molecule has 0 radical (unpaired) electrons. The maximum atomic E-state index is 12.7. The molecule has 3 aromatic carbocycles. The number of carbonyl (C=O) groups excluding carboxylic acids is 2. The average Bonchev–Trinajstić information content (AvgIpc) is 2.96. The second kappa shape index (κ2) is 14.7. The summed E-state index contributed by atoms with van der Waals surface area (Å²) in [6, 6.07) is 19.3. The number of hydrogen-bond acceptors (Lipinski definition) is 7. The Morgan fingerprint density at radius 3 is 2.45 bits per heavy atom. The van der Waals surface area contributed by atoms with Crippen molar-refractivity contribution in [3.63, 3.8) is 0 Å². The van der Waals surface area contributed by atoms with E-state index in [1.54, 1.807) is 50.2 Å². The number of nitrogens with one attached hydrogen (secondary N) is 3.